The highest BCUT2D eigenvalue weighted by Crippen LogP contribution is 2.28. The van der Waals surface area contributed by atoms with Gasteiger partial charge in [0.15, 0.2) is 0 Å². The monoisotopic (exact) mass is 300 g/mol. The third-order valence-corrected chi connectivity index (χ3v) is 3.56. The number of hydrogen-bond donors (Lipinski definition) is 1. The molecule has 0 bridgehead atoms. The first kappa shape index (κ1) is 14.5. The number of halogens is 1. The molecule has 1 rings (SSSR count). The zero-order valence-corrected chi connectivity index (χ0v) is 12.4. The normalized spacial score (nSPS) is 10.9. The van der Waals surface area contributed by atoms with Crippen molar-refractivity contribution in [1.82, 2.24) is 0 Å². The highest BCUT2D eigenvalue weighted by Gasteiger charge is 2.11. The van der Waals surface area contributed by atoms with Gasteiger partial charge in [0.25, 0.3) is 0 Å². The molecule has 0 aliphatic carbocycles. The summed E-state index contributed by atoms with van der Waals surface area (Å²) in [5.41, 5.74) is 1.91. The van der Waals surface area contributed by atoms with E-state index < -0.39 is 0 Å². The van der Waals surface area contributed by atoms with Crippen LogP contribution in [-0.4, -0.2) is 11.7 Å². The number of aliphatic hydroxyl groups excluding tert-OH is 1. The molecule has 0 aliphatic heterocycles. The average molecular weight is 301 g/mol. The minimum atomic E-state index is 0.0124. The predicted octanol–water partition coefficient (Wildman–Crippen LogP) is 4.06. The Morgan fingerprint density at radius 3 is 2.47 bits per heavy atom. The van der Waals surface area contributed by atoms with Crippen LogP contribution in [0.1, 0.15) is 37.8 Å². The van der Waals surface area contributed by atoms with Crippen LogP contribution in [0.2, 0.25) is 0 Å². The van der Waals surface area contributed by atoms with Crippen molar-refractivity contribution in [1.29, 1.82) is 0 Å². The Morgan fingerprint density at radius 2 is 1.94 bits per heavy atom. The third-order valence-electron chi connectivity index (χ3n) is 3.10. The highest BCUT2D eigenvalue weighted by molar-refractivity contribution is 9.10. The van der Waals surface area contributed by atoms with Gasteiger partial charge >= 0.3 is 0 Å². The molecule has 1 aromatic rings. The van der Waals surface area contributed by atoms with Crippen molar-refractivity contribution in [3.8, 4) is 5.75 Å². The maximum absolute atomic E-state index is 9.35. The fraction of sp³-hybridized carbons (Fsp3) is 0.571. The van der Waals surface area contributed by atoms with E-state index in [2.05, 4.69) is 29.8 Å². The molecule has 0 unspecified atom stereocenters. The molecule has 0 aliphatic rings. The Bertz CT molecular complexity index is 359. The molecule has 0 saturated carbocycles. The fourth-order valence-electron chi connectivity index (χ4n) is 1.85. The first-order valence-corrected chi connectivity index (χ1v) is 6.94. The molecular weight excluding hydrogens is 280 g/mol. The molecule has 3 heteroatoms. The van der Waals surface area contributed by atoms with Crippen molar-refractivity contribution in [3.63, 3.8) is 0 Å². The van der Waals surface area contributed by atoms with Gasteiger partial charge in [0, 0.05) is 10.0 Å². The second-order valence-corrected chi connectivity index (χ2v) is 5.28. The number of aryl methyl sites for hydroxylation is 1. The fourth-order valence-corrected chi connectivity index (χ4v) is 2.47. The second-order valence-electron chi connectivity index (χ2n) is 4.36. The van der Waals surface area contributed by atoms with Gasteiger partial charge in [-0.05, 0) is 30.5 Å². The molecule has 1 N–H and O–H groups in total. The van der Waals surface area contributed by atoms with Crippen LogP contribution < -0.4 is 4.74 Å². The second kappa shape index (κ2) is 7.02. The van der Waals surface area contributed by atoms with E-state index in [1.54, 1.807) is 0 Å². The summed E-state index contributed by atoms with van der Waals surface area (Å²) in [6.45, 7) is 7.10. The van der Waals surface area contributed by atoms with Crippen molar-refractivity contribution >= 4 is 15.9 Å². The van der Waals surface area contributed by atoms with E-state index in [-0.39, 0.29) is 6.61 Å². The molecule has 0 aromatic heterocycles. The number of benzene rings is 1. The summed E-state index contributed by atoms with van der Waals surface area (Å²) in [6, 6.07) is 3.93. The minimum absolute atomic E-state index is 0.0124. The summed E-state index contributed by atoms with van der Waals surface area (Å²) in [7, 11) is 0. The van der Waals surface area contributed by atoms with E-state index in [4.69, 9.17) is 4.74 Å². The zero-order valence-electron chi connectivity index (χ0n) is 10.8. The molecule has 0 atom stereocenters. The van der Waals surface area contributed by atoms with Crippen LogP contribution in [0.25, 0.3) is 0 Å². The van der Waals surface area contributed by atoms with Crippen molar-refractivity contribution in [2.45, 2.75) is 40.2 Å². The van der Waals surface area contributed by atoms with Crippen LogP contribution in [0.5, 0.6) is 5.75 Å². The number of rotatable bonds is 6. The lowest BCUT2D eigenvalue weighted by Crippen LogP contribution is -2.12. The summed E-state index contributed by atoms with van der Waals surface area (Å²) in [4.78, 5) is 0. The summed E-state index contributed by atoms with van der Waals surface area (Å²) in [6.07, 6.45) is 2.25. The topological polar surface area (TPSA) is 29.5 Å². The van der Waals surface area contributed by atoms with Gasteiger partial charge in [-0.1, -0.05) is 42.6 Å². The summed E-state index contributed by atoms with van der Waals surface area (Å²) in [5, 5.41) is 9.35. The smallest absolute Gasteiger partial charge is 0.127 e. The number of aliphatic hydroxyl groups is 1. The van der Waals surface area contributed by atoms with E-state index in [0.29, 0.717) is 5.92 Å². The molecule has 0 heterocycles. The van der Waals surface area contributed by atoms with Crippen LogP contribution in [-0.2, 0) is 6.61 Å². The first-order chi connectivity index (χ1) is 8.12. The molecule has 0 radical (unpaired) electrons. The lowest BCUT2D eigenvalue weighted by atomic mass is 10.0. The Kier molecular flexibility index (Phi) is 6.00. The van der Waals surface area contributed by atoms with Crippen LogP contribution in [0.15, 0.2) is 16.6 Å². The van der Waals surface area contributed by atoms with Crippen LogP contribution in [0.4, 0.5) is 0 Å². The molecule has 0 saturated heterocycles. The number of ether oxygens (including phenoxy) is 1. The summed E-state index contributed by atoms with van der Waals surface area (Å²) in [5.74, 6) is 1.42. The van der Waals surface area contributed by atoms with Crippen LogP contribution >= 0.6 is 15.9 Å². The van der Waals surface area contributed by atoms with Gasteiger partial charge in [-0.25, -0.2) is 0 Å². The zero-order chi connectivity index (χ0) is 12.8. The Labute approximate surface area is 112 Å². The Hall–Kier alpha value is -0.540. The molecule has 17 heavy (non-hydrogen) atoms. The Balaban J connectivity index is 2.82. The van der Waals surface area contributed by atoms with Gasteiger partial charge in [-0.15, -0.1) is 0 Å². The summed E-state index contributed by atoms with van der Waals surface area (Å²) < 4.78 is 6.86. The molecule has 0 spiro atoms. The van der Waals surface area contributed by atoms with E-state index in [0.717, 1.165) is 40.8 Å². The number of hydrogen-bond acceptors (Lipinski definition) is 2. The third kappa shape index (κ3) is 4.00. The molecular formula is C14H21BrO2. The Morgan fingerprint density at radius 1 is 1.29 bits per heavy atom. The summed E-state index contributed by atoms with van der Waals surface area (Å²) >= 11 is 3.43. The standard InChI is InChI=1S/C14H21BrO2/c1-4-11(5-2)9-17-14-10(3)6-13(15)7-12(14)8-16/h6-7,11,16H,4-5,8-9H2,1-3H3. The van der Waals surface area contributed by atoms with Gasteiger partial charge in [-0.2, -0.15) is 0 Å². The highest BCUT2D eigenvalue weighted by atomic mass is 79.9. The quantitative estimate of drug-likeness (QED) is 0.858. The van der Waals surface area contributed by atoms with Gasteiger partial charge in [0.2, 0.25) is 0 Å². The van der Waals surface area contributed by atoms with E-state index in [9.17, 15) is 5.11 Å². The van der Waals surface area contributed by atoms with Gasteiger partial charge < -0.3 is 9.84 Å². The van der Waals surface area contributed by atoms with Crippen molar-refractivity contribution < 1.29 is 9.84 Å². The maximum atomic E-state index is 9.35. The largest absolute Gasteiger partial charge is 0.493 e. The lowest BCUT2D eigenvalue weighted by Gasteiger charge is -2.17. The molecule has 96 valence electrons. The average Bonchev–Trinajstić information content (AvgIpc) is 2.31. The van der Waals surface area contributed by atoms with Crippen molar-refractivity contribution in [2.24, 2.45) is 5.92 Å². The minimum Gasteiger partial charge on any atom is -0.493 e. The van der Waals surface area contributed by atoms with Crippen molar-refractivity contribution in [2.75, 3.05) is 6.61 Å². The van der Waals surface area contributed by atoms with E-state index in [1.165, 1.54) is 0 Å². The first-order valence-electron chi connectivity index (χ1n) is 6.15. The van der Waals surface area contributed by atoms with Crippen LogP contribution in [0, 0.1) is 12.8 Å². The molecule has 2 nitrogen and oxygen atoms in total. The molecule has 1 aromatic carbocycles. The SMILES string of the molecule is CCC(CC)COc1c(C)cc(Br)cc1CO. The molecule has 0 amide bonds. The molecule has 0 fully saturated rings. The van der Waals surface area contributed by atoms with E-state index >= 15 is 0 Å². The van der Waals surface area contributed by atoms with Gasteiger partial charge in [-0.3, -0.25) is 0 Å². The maximum Gasteiger partial charge on any atom is 0.127 e. The predicted molar refractivity (Wildman–Crippen MR) is 74.4 cm³/mol. The van der Waals surface area contributed by atoms with Crippen molar-refractivity contribution in [3.05, 3.63) is 27.7 Å². The van der Waals surface area contributed by atoms with Gasteiger partial charge in [0.05, 0.1) is 13.2 Å². The lowest BCUT2D eigenvalue weighted by molar-refractivity contribution is 0.225. The van der Waals surface area contributed by atoms with Gasteiger partial charge in [0.1, 0.15) is 5.75 Å². The van der Waals surface area contributed by atoms with Crippen LogP contribution in [0.3, 0.4) is 0 Å². The van der Waals surface area contributed by atoms with E-state index in [1.807, 2.05) is 19.1 Å².